The van der Waals surface area contributed by atoms with Crippen molar-refractivity contribution in [3.8, 4) is 0 Å². The van der Waals surface area contributed by atoms with Crippen molar-refractivity contribution >= 4 is 15.9 Å². The van der Waals surface area contributed by atoms with Crippen LogP contribution < -0.4 is 0 Å². The highest BCUT2D eigenvalue weighted by atomic mass is 79.9. The Labute approximate surface area is 115 Å². The van der Waals surface area contributed by atoms with Crippen molar-refractivity contribution in [1.29, 1.82) is 0 Å². The second kappa shape index (κ2) is 9.31. The van der Waals surface area contributed by atoms with Gasteiger partial charge in [0, 0.05) is 25.0 Å². The first-order chi connectivity index (χ1) is 8.26. The number of ether oxygens (including phenoxy) is 1. The van der Waals surface area contributed by atoms with Crippen LogP contribution in [0.4, 0.5) is 0 Å². The SMILES string of the molecule is CCN1CCOC(CN(C)CCCCCBr)C1. The summed E-state index contributed by atoms with van der Waals surface area (Å²) in [6, 6.07) is 0. The van der Waals surface area contributed by atoms with Crippen molar-refractivity contribution in [3.05, 3.63) is 0 Å². The molecule has 1 fully saturated rings. The van der Waals surface area contributed by atoms with Crippen LogP contribution in [-0.2, 0) is 4.74 Å². The first kappa shape index (κ1) is 15.4. The van der Waals surface area contributed by atoms with Crippen LogP contribution in [0.15, 0.2) is 0 Å². The Balaban J connectivity index is 2.10. The molecule has 0 bridgehead atoms. The molecule has 1 unspecified atom stereocenters. The second-order valence-corrected chi connectivity index (χ2v) is 5.69. The molecule has 17 heavy (non-hydrogen) atoms. The highest BCUT2D eigenvalue weighted by Gasteiger charge is 2.20. The Morgan fingerprint density at radius 3 is 2.88 bits per heavy atom. The number of alkyl halides is 1. The van der Waals surface area contributed by atoms with Crippen molar-refractivity contribution in [2.75, 3.05) is 51.7 Å². The molecule has 1 heterocycles. The quantitative estimate of drug-likeness (QED) is 0.505. The lowest BCUT2D eigenvalue weighted by atomic mass is 10.2. The van der Waals surface area contributed by atoms with Crippen LogP contribution in [0.3, 0.4) is 0 Å². The van der Waals surface area contributed by atoms with Gasteiger partial charge < -0.3 is 9.64 Å². The molecule has 3 nitrogen and oxygen atoms in total. The minimum atomic E-state index is 0.407. The largest absolute Gasteiger partial charge is 0.374 e. The van der Waals surface area contributed by atoms with E-state index in [1.54, 1.807) is 0 Å². The van der Waals surface area contributed by atoms with Gasteiger partial charge in [-0.15, -0.1) is 0 Å². The third kappa shape index (κ3) is 6.75. The fraction of sp³-hybridized carbons (Fsp3) is 1.00. The fourth-order valence-electron chi connectivity index (χ4n) is 2.27. The van der Waals surface area contributed by atoms with Crippen molar-refractivity contribution < 1.29 is 4.74 Å². The lowest BCUT2D eigenvalue weighted by Crippen LogP contribution is -2.46. The van der Waals surface area contributed by atoms with E-state index in [0.717, 1.165) is 38.1 Å². The summed E-state index contributed by atoms with van der Waals surface area (Å²) in [4.78, 5) is 4.89. The van der Waals surface area contributed by atoms with E-state index >= 15 is 0 Å². The molecule has 1 rings (SSSR count). The van der Waals surface area contributed by atoms with E-state index in [-0.39, 0.29) is 0 Å². The molecule has 0 N–H and O–H groups in total. The fourth-order valence-corrected chi connectivity index (χ4v) is 2.67. The first-order valence-corrected chi connectivity index (χ1v) is 7.97. The lowest BCUT2D eigenvalue weighted by Gasteiger charge is -2.34. The predicted octanol–water partition coefficient (Wildman–Crippen LogP) is 2.20. The van der Waals surface area contributed by atoms with E-state index in [1.807, 2.05) is 0 Å². The number of likely N-dealkylation sites (N-methyl/N-ethyl adjacent to an activating group) is 2. The monoisotopic (exact) mass is 306 g/mol. The zero-order valence-electron chi connectivity index (χ0n) is 11.3. The molecule has 0 aliphatic carbocycles. The first-order valence-electron chi connectivity index (χ1n) is 6.84. The van der Waals surface area contributed by atoms with Gasteiger partial charge in [-0.25, -0.2) is 0 Å². The van der Waals surface area contributed by atoms with Crippen LogP contribution in [0.1, 0.15) is 26.2 Å². The number of unbranched alkanes of at least 4 members (excludes halogenated alkanes) is 2. The molecule has 0 aromatic carbocycles. The zero-order chi connectivity index (χ0) is 12.5. The number of nitrogens with zero attached hydrogens (tertiary/aromatic N) is 2. The molecular formula is C13H27BrN2O. The standard InChI is InChI=1S/C13H27BrN2O/c1-3-16-9-10-17-13(12-16)11-15(2)8-6-4-5-7-14/h13H,3-12H2,1-2H3. The van der Waals surface area contributed by atoms with Crippen LogP contribution >= 0.6 is 15.9 Å². The van der Waals surface area contributed by atoms with Gasteiger partial charge in [0.2, 0.25) is 0 Å². The summed E-state index contributed by atoms with van der Waals surface area (Å²) in [5, 5.41) is 1.13. The molecule has 102 valence electrons. The number of morpholine rings is 1. The lowest BCUT2D eigenvalue weighted by molar-refractivity contribution is -0.0389. The van der Waals surface area contributed by atoms with Crippen LogP contribution in [0, 0.1) is 0 Å². The molecule has 1 aliphatic heterocycles. The maximum atomic E-state index is 5.82. The average Bonchev–Trinajstić information content (AvgIpc) is 2.35. The van der Waals surface area contributed by atoms with Gasteiger partial charge in [0.25, 0.3) is 0 Å². The third-order valence-corrected chi connectivity index (χ3v) is 3.92. The maximum absolute atomic E-state index is 5.82. The van der Waals surface area contributed by atoms with E-state index in [1.165, 1.54) is 25.8 Å². The van der Waals surface area contributed by atoms with Gasteiger partial charge in [0.05, 0.1) is 12.7 Å². The van der Waals surface area contributed by atoms with Crippen LogP contribution in [0.5, 0.6) is 0 Å². The summed E-state index contributed by atoms with van der Waals surface area (Å²) < 4.78 is 5.82. The molecule has 1 aliphatic rings. The Bertz CT molecular complexity index is 192. The Morgan fingerprint density at radius 2 is 2.18 bits per heavy atom. The van der Waals surface area contributed by atoms with E-state index in [2.05, 4.69) is 39.7 Å². The molecule has 0 aromatic heterocycles. The molecule has 1 saturated heterocycles. The number of hydrogen-bond acceptors (Lipinski definition) is 3. The van der Waals surface area contributed by atoms with Gasteiger partial charge >= 0.3 is 0 Å². The third-order valence-electron chi connectivity index (χ3n) is 3.36. The second-order valence-electron chi connectivity index (χ2n) is 4.90. The van der Waals surface area contributed by atoms with E-state index < -0.39 is 0 Å². The van der Waals surface area contributed by atoms with Gasteiger partial charge in [0.15, 0.2) is 0 Å². The number of hydrogen-bond donors (Lipinski definition) is 0. The summed E-state index contributed by atoms with van der Waals surface area (Å²) in [6.45, 7) is 8.74. The summed E-state index contributed by atoms with van der Waals surface area (Å²) in [7, 11) is 2.21. The average molecular weight is 307 g/mol. The van der Waals surface area contributed by atoms with Gasteiger partial charge in [-0.05, 0) is 33.0 Å². The van der Waals surface area contributed by atoms with Crippen molar-refractivity contribution in [2.45, 2.75) is 32.3 Å². The molecular weight excluding hydrogens is 280 g/mol. The summed E-state index contributed by atoms with van der Waals surface area (Å²) in [5.41, 5.74) is 0. The summed E-state index contributed by atoms with van der Waals surface area (Å²) in [5.74, 6) is 0. The van der Waals surface area contributed by atoms with Crippen molar-refractivity contribution in [2.24, 2.45) is 0 Å². The number of halogens is 1. The Morgan fingerprint density at radius 1 is 1.35 bits per heavy atom. The maximum Gasteiger partial charge on any atom is 0.0829 e. The van der Waals surface area contributed by atoms with Gasteiger partial charge in [-0.1, -0.05) is 29.3 Å². The smallest absolute Gasteiger partial charge is 0.0829 e. The Hall–Kier alpha value is 0.360. The van der Waals surface area contributed by atoms with Crippen LogP contribution in [0.2, 0.25) is 0 Å². The molecule has 0 aromatic rings. The van der Waals surface area contributed by atoms with E-state index in [4.69, 9.17) is 4.74 Å². The summed E-state index contributed by atoms with van der Waals surface area (Å²) in [6.07, 6.45) is 4.32. The van der Waals surface area contributed by atoms with Gasteiger partial charge in [-0.3, -0.25) is 4.90 Å². The molecule has 0 amide bonds. The Kier molecular flexibility index (Phi) is 8.44. The molecule has 0 spiro atoms. The minimum absolute atomic E-state index is 0.407. The minimum Gasteiger partial charge on any atom is -0.374 e. The topological polar surface area (TPSA) is 15.7 Å². The highest BCUT2D eigenvalue weighted by molar-refractivity contribution is 9.09. The van der Waals surface area contributed by atoms with E-state index in [9.17, 15) is 0 Å². The van der Waals surface area contributed by atoms with E-state index in [0.29, 0.717) is 6.10 Å². The van der Waals surface area contributed by atoms with Crippen molar-refractivity contribution in [3.63, 3.8) is 0 Å². The van der Waals surface area contributed by atoms with Gasteiger partial charge in [-0.2, -0.15) is 0 Å². The molecule has 1 atom stereocenters. The predicted molar refractivity (Wildman–Crippen MR) is 77.0 cm³/mol. The molecule has 0 radical (unpaired) electrons. The molecule has 4 heteroatoms. The van der Waals surface area contributed by atoms with Gasteiger partial charge in [0.1, 0.15) is 0 Å². The normalized spacial score (nSPS) is 22.2. The van der Waals surface area contributed by atoms with Crippen molar-refractivity contribution in [1.82, 2.24) is 9.80 Å². The molecule has 0 saturated carbocycles. The summed E-state index contributed by atoms with van der Waals surface area (Å²) >= 11 is 3.47. The zero-order valence-corrected chi connectivity index (χ0v) is 12.9. The highest BCUT2D eigenvalue weighted by Crippen LogP contribution is 2.07. The van der Waals surface area contributed by atoms with Crippen LogP contribution in [0.25, 0.3) is 0 Å². The number of rotatable bonds is 8. The van der Waals surface area contributed by atoms with Crippen LogP contribution in [-0.4, -0.2) is 67.6 Å².